The molecule has 2 rings (SSSR count). The number of hydrogen-bond acceptors (Lipinski definition) is 4. The lowest BCUT2D eigenvalue weighted by Gasteiger charge is -2.06. The Bertz CT molecular complexity index is 722. The van der Waals surface area contributed by atoms with Gasteiger partial charge in [0.05, 0.1) is 13.2 Å². The van der Waals surface area contributed by atoms with Gasteiger partial charge in [0, 0.05) is 24.3 Å². The van der Waals surface area contributed by atoms with Gasteiger partial charge in [0.15, 0.2) is 9.95 Å². The second-order valence-electron chi connectivity index (χ2n) is 7.42. The van der Waals surface area contributed by atoms with E-state index in [0.29, 0.717) is 11.4 Å². The van der Waals surface area contributed by atoms with Crippen molar-refractivity contribution >= 4 is 11.4 Å². The van der Waals surface area contributed by atoms with Crippen LogP contribution in [0.15, 0.2) is 48.5 Å². The van der Waals surface area contributed by atoms with Crippen LogP contribution >= 0.6 is 0 Å². The third kappa shape index (κ3) is 9.89. The third-order valence-electron chi connectivity index (χ3n) is 4.98. The normalized spacial score (nSPS) is 10.2. The van der Waals surface area contributed by atoms with E-state index in [1.165, 1.54) is 51.4 Å². The van der Waals surface area contributed by atoms with E-state index in [1.54, 1.807) is 24.3 Å². The topological polar surface area (TPSA) is 74.8 Å². The summed E-state index contributed by atoms with van der Waals surface area (Å²) in [5.41, 5.74) is 1.08. The molecule has 0 aliphatic carbocycles. The molecule has 6 nitrogen and oxygen atoms in total. The Balaban J connectivity index is 1.33. The van der Waals surface area contributed by atoms with E-state index in [4.69, 9.17) is 20.3 Å². The highest BCUT2D eigenvalue weighted by atomic mass is 16.5. The minimum Gasteiger partial charge on any atom is -0.494 e. The molecular formula is C24H32N4O2+2. The van der Waals surface area contributed by atoms with Gasteiger partial charge in [-0.3, -0.25) is 0 Å². The summed E-state index contributed by atoms with van der Waals surface area (Å²) in [6.45, 7) is 1.47. The molecule has 0 radical (unpaired) electrons. The molecular weight excluding hydrogens is 376 g/mol. The van der Waals surface area contributed by atoms with Gasteiger partial charge in [-0.2, -0.15) is 0 Å². The maximum Gasteiger partial charge on any atom is 0.385 e. The van der Waals surface area contributed by atoms with Crippen molar-refractivity contribution in [2.24, 2.45) is 0 Å². The third-order valence-corrected chi connectivity index (χ3v) is 4.98. The standard InChI is InChI=1S/C24H32N4O2/c25-27-21-11-15-23(16-12-21)29-19-9-7-5-3-1-2-4-6-8-10-20-30-24-17-13-22(28-26)14-18-24/h11-18H,1-10,19-20H2/q+2. The minimum atomic E-state index is 0.540. The molecule has 0 atom stereocenters. The molecule has 0 unspecified atom stereocenters. The zero-order valence-corrected chi connectivity index (χ0v) is 17.7. The van der Waals surface area contributed by atoms with Crippen molar-refractivity contribution in [2.75, 3.05) is 13.2 Å². The first-order valence-electron chi connectivity index (χ1n) is 11.0. The number of ether oxygens (including phenoxy) is 2. The van der Waals surface area contributed by atoms with E-state index in [-0.39, 0.29) is 0 Å². The van der Waals surface area contributed by atoms with E-state index in [1.807, 2.05) is 24.3 Å². The monoisotopic (exact) mass is 408 g/mol. The van der Waals surface area contributed by atoms with E-state index in [0.717, 1.165) is 37.6 Å². The predicted octanol–water partition coefficient (Wildman–Crippen LogP) is 8.01. The summed E-state index contributed by atoms with van der Waals surface area (Å²) in [5, 5.41) is 17.3. The van der Waals surface area contributed by atoms with Crippen LogP contribution in [0.2, 0.25) is 0 Å². The molecule has 0 aliphatic heterocycles. The van der Waals surface area contributed by atoms with Gasteiger partial charge in [-0.15, -0.1) is 0 Å². The van der Waals surface area contributed by atoms with E-state index in [2.05, 4.69) is 9.95 Å². The van der Waals surface area contributed by atoms with Crippen molar-refractivity contribution in [2.45, 2.75) is 64.2 Å². The van der Waals surface area contributed by atoms with Gasteiger partial charge < -0.3 is 9.47 Å². The molecule has 0 saturated carbocycles. The maximum atomic E-state index is 8.65. The van der Waals surface area contributed by atoms with Crippen LogP contribution in [-0.2, 0) is 0 Å². The highest BCUT2D eigenvalue weighted by molar-refractivity contribution is 5.46. The largest absolute Gasteiger partial charge is 0.494 e. The fourth-order valence-corrected chi connectivity index (χ4v) is 3.22. The van der Waals surface area contributed by atoms with Gasteiger partial charge in [-0.1, -0.05) is 51.4 Å². The number of hydrogen-bond donors (Lipinski definition) is 0. The summed E-state index contributed by atoms with van der Waals surface area (Å²) in [4.78, 5) is 6.26. The minimum absolute atomic E-state index is 0.540. The van der Waals surface area contributed by atoms with Crippen LogP contribution in [-0.4, -0.2) is 13.2 Å². The van der Waals surface area contributed by atoms with Crippen molar-refractivity contribution in [3.05, 3.63) is 58.5 Å². The Labute approximate surface area is 179 Å². The summed E-state index contributed by atoms with van der Waals surface area (Å²) in [5.74, 6) is 1.65. The molecule has 2 aromatic rings. The number of diazo groups is 2. The van der Waals surface area contributed by atoms with Crippen LogP contribution in [0.25, 0.3) is 9.95 Å². The van der Waals surface area contributed by atoms with Crippen LogP contribution in [0, 0.1) is 10.8 Å². The molecule has 0 spiro atoms. The lowest BCUT2D eigenvalue weighted by Crippen LogP contribution is -1.97. The van der Waals surface area contributed by atoms with E-state index < -0.39 is 0 Å². The Kier molecular flexibility index (Phi) is 11.4. The van der Waals surface area contributed by atoms with Gasteiger partial charge in [0.25, 0.3) is 0 Å². The van der Waals surface area contributed by atoms with Gasteiger partial charge in [0.1, 0.15) is 11.5 Å². The smallest absolute Gasteiger partial charge is 0.385 e. The van der Waals surface area contributed by atoms with Gasteiger partial charge >= 0.3 is 11.4 Å². The summed E-state index contributed by atoms with van der Waals surface area (Å²) in [6, 6.07) is 14.2. The van der Waals surface area contributed by atoms with Crippen molar-refractivity contribution in [3.8, 4) is 11.5 Å². The molecule has 30 heavy (non-hydrogen) atoms. The summed E-state index contributed by atoms with van der Waals surface area (Å²) >= 11 is 0. The molecule has 0 N–H and O–H groups in total. The Morgan fingerprint density at radius 2 is 0.767 bits per heavy atom. The molecule has 0 heterocycles. The lowest BCUT2D eigenvalue weighted by atomic mass is 10.1. The van der Waals surface area contributed by atoms with Crippen LogP contribution in [0.4, 0.5) is 11.4 Å². The molecule has 2 aromatic carbocycles. The molecule has 0 fully saturated rings. The average Bonchev–Trinajstić information content (AvgIpc) is 2.80. The van der Waals surface area contributed by atoms with Crippen molar-refractivity contribution < 1.29 is 9.47 Å². The molecule has 158 valence electrons. The summed E-state index contributed by atoms with van der Waals surface area (Å²) in [7, 11) is 0. The van der Waals surface area contributed by atoms with Crippen molar-refractivity contribution in [3.63, 3.8) is 0 Å². The van der Waals surface area contributed by atoms with Gasteiger partial charge in [-0.25, -0.2) is 0 Å². The SMILES string of the molecule is N#[N+]c1ccc(OCCCCCCCCCCCCOc2ccc([N+]#N)cc2)cc1. The molecule has 0 saturated heterocycles. The van der Waals surface area contributed by atoms with E-state index in [9.17, 15) is 0 Å². The quantitative estimate of drug-likeness (QED) is 0.221. The van der Waals surface area contributed by atoms with Crippen LogP contribution in [0.5, 0.6) is 11.5 Å². The second-order valence-corrected chi connectivity index (χ2v) is 7.42. The van der Waals surface area contributed by atoms with Crippen LogP contribution < -0.4 is 9.47 Å². The Hall–Kier alpha value is -3.12. The summed E-state index contributed by atoms with van der Waals surface area (Å²) < 4.78 is 11.4. The zero-order chi connectivity index (χ0) is 21.3. The number of rotatable bonds is 15. The highest BCUT2D eigenvalue weighted by Gasteiger charge is 2.04. The number of unbranched alkanes of at least 4 members (excludes halogenated alkanes) is 9. The average molecular weight is 409 g/mol. The first kappa shape index (κ1) is 23.2. The van der Waals surface area contributed by atoms with Crippen LogP contribution in [0.3, 0.4) is 0 Å². The predicted molar refractivity (Wildman–Crippen MR) is 120 cm³/mol. The van der Waals surface area contributed by atoms with E-state index >= 15 is 0 Å². The van der Waals surface area contributed by atoms with Gasteiger partial charge in [0.2, 0.25) is 10.8 Å². The highest BCUT2D eigenvalue weighted by Crippen LogP contribution is 2.19. The molecule has 0 aromatic heterocycles. The van der Waals surface area contributed by atoms with Crippen molar-refractivity contribution in [1.29, 1.82) is 10.8 Å². The first-order valence-corrected chi connectivity index (χ1v) is 11.0. The molecule has 0 amide bonds. The summed E-state index contributed by atoms with van der Waals surface area (Å²) in [6.07, 6.45) is 12.3. The van der Waals surface area contributed by atoms with Crippen LogP contribution in [0.1, 0.15) is 64.2 Å². The van der Waals surface area contributed by atoms with Gasteiger partial charge in [-0.05, 0) is 37.1 Å². The zero-order valence-electron chi connectivity index (χ0n) is 17.7. The first-order chi connectivity index (χ1) is 14.8. The lowest BCUT2D eigenvalue weighted by molar-refractivity contribution is 0.303. The number of nitrogens with zero attached hydrogens (tertiary/aromatic N) is 4. The Morgan fingerprint density at radius 1 is 0.467 bits per heavy atom. The molecule has 0 bridgehead atoms. The fourth-order valence-electron chi connectivity index (χ4n) is 3.22. The molecule has 0 aliphatic rings. The van der Waals surface area contributed by atoms with Crippen molar-refractivity contribution in [1.82, 2.24) is 0 Å². The fraction of sp³-hybridized carbons (Fsp3) is 0.500. The maximum absolute atomic E-state index is 8.65. The number of benzene rings is 2. The second kappa shape index (κ2) is 14.8. The molecule has 6 heteroatoms. The Morgan fingerprint density at radius 3 is 1.07 bits per heavy atom.